The molecule has 0 radical (unpaired) electrons. The van der Waals surface area contributed by atoms with Gasteiger partial charge in [0.25, 0.3) is 0 Å². The SMILES string of the molecule is O=C(O)CCCCCCC[C@H]1CC=C[C@@H]1CO. The van der Waals surface area contributed by atoms with Gasteiger partial charge in [0.2, 0.25) is 0 Å². The van der Waals surface area contributed by atoms with Gasteiger partial charge in [0, 0.05) is 18.9 Å². The zero-order valence-corrected chi connectivity index (χ0v) is 10.5. The fraction of sp³-hybridized carbons (Fsp3) is 0.786. The van der Waals surface area contributed by atoms with Crippen molar-refractivity contribution in [3.8, 4) is 0 Å². The summed E-state index contributed by atoms with van der Waals surface area (Å²) in [5.41, 5.74) is 0. The molecule has 2 N–H and O–H groups in total. The summed E-state index contributed by atoms with van der Waals surface area (Å²) >= 11 is 0. The van der Waals surface area contributed by atoms with Crippen molar-refractivity contribution >= 4 is 5.97 Å². The molecule has 3 heteroatoms. The van der Waals surface area contributed by atoms with Crippen LogP contribution in [0, 0.1) is 11.8 Å². The van der Waals surface area contributed by atoms with Crippen LogP contribution in [0.4, 0.5) is 0 Å². The van der Waals surface area contributed by atoms with Crippen molar-refractivity contribution in [3.05, 3.63) is 12.2 Å². The molecule has 0 saturated heterocycles. The van der Waals surface area contributed by atoms with E-state index in [9.17, 15) is 4.79 Å². The van der Waals surface area contributed by atoms with E-state index in [0.29, 0.717) is 18.3 Å². The molecule has 0 aliphatic heterocycles. The van der Waals surface area contributed by atoms with Gasteiger partial charge < -0.3 is 10.2 Å². The van der Waals surface area contributed by atoms with Crippen LogP contribution in [0.15, 0.2) is 12.2 Å². The van der Waals surface area contributed by atoms with E-state index in [0.717, 1.165) is 25.7 Å². The molecule has 0 aromatic carbocycles. The van der Waals surface area contributed by atoms with Crippen LogP contribution < -0.4 is 0 Å². The minimum absolute atomic E-state index is 0.278. The number of unbranched alkanes of at least 4 members (excludes halogenated alkanes) is 4. The Balaban J connectivity index is 1.92. The van der Waals surface area contributed by atoms with Crippen molar-refractivity contribution in [1.29, 1.82) is 0 Å². The molecule has 0 aromatic heterocycles. The lowest BCUT2D eigenvalue weighted by atomic mass is 9.90. The van der Waals surface area contributed by atoms with Gasteiger partial charge in [-0.1, -0.05) is 37.8 Å². The summed E-state index contributed by atoms with van der Waals surface area (Å²) in [4.78, 5) is 10.3. The van der Waals surface area contributed by atoms with Gasteiger partial charge in [0.15, 0.2) is 0 Å². The Hall–Kier alpha value is -0.830. The van der Waals surface area contributed by atoms with Gasteiger partial charge >= 0.3 is 5.97 Å². The van der Waals surface area contributed by atoms with Gasteiger partial charge in [-0.3, -0.25) is 4.79 Å². The van der Waals surface area contributed by atoms with Crippen molar-refractivity contribution in [1.82, 2.24) is 0 Å². The van der Waals surface area contributed by atoms with Crippen molar-refractivity contribution in [2.75, 3.05) is 6.61 Å². The second-order valence-corrected chi connectivity index (χ2v) is 4.97. The van der Waals surface area contributed by atoms with Gasteiger partial charge in [-0.05, 0) is 25.2 Å². The van der Waals surface area contributed by atoms with Crippen LogP contribution in [-0.4, -0.2) is 22.8 Å². The maximum absolute atomic E-state index is 10.3. The number of aliphatic hydroxyl groups is 1. The molecule has 0 amide bonds. The summed E-state index contributed by atoms with van der Waals surface area (Å²) < 4.78 is 0. The molecule has 0 heterocycles. The predicted molar refractivity (Wildman–Crippen MR) is 67.8 cm³/mol. The van der Waals surface area contributed by atoms with E-state index in [4.69, 9.17) is 10.2 Å². The van der Waals surface area contributed by atoms with Crippen LogP contribution in [0.5, 0.6) is 0 Å². The van der Waals surface area contributed by atoms with E-state index in [1.54, 1.807) is 0 Å². The number of allylic oxidation sites excluding steroid dienone is 1. The summed E-state index contributed by atoms with van der Waals surface area (Å²) in [6, 6.07) is 0. The number of carboxylic acids is 1. The molecular weight excluding hydrogens is 216 g/mol. The van der Waals surface area contributed by atoms with Crippen LogP contribution in [0.25, 0.3) is 0 Å². The van der Waals surface area contributed by atoms with Crippen LogP contribution in [0.3, 0.4) is 0 Å². The van der Waals surface area contributed by atoms with E-state index in [2.05, 4.69) is 12.2 Å². The van der Waals surface area contributed by atoms with E-state index in [1.165, 1.54) is 19.3 Å². The summed E-state index contributed by atoms with van der Waals surface area (Å²) in [7, 11) is 0. The molecule has 3 nitrogen and oxygen atoms in total. The highest BCUT2D eigenvalue weighted by molar-refractivity contribution is 5.66. The first-order valence-corrected chi connectivity index (χ1v) is 6.73. The molecule has 0 bridgehead atoms. The number of aliphatic hydroxyl groups excluding tert-OH is 1. The smallest absolute Gasteiger partial charge is 0.303 e. The zero-order valence-electron chi connectivity index (χ0n) is 10.5. The Morgan fingerprint density at radius 2 is 1.88 bits per heavy atom. The number of carbonyl (C=O) groups is 1. The van der Waals surface area contributed by atoms with E-state index in [-0.39, 0.29) is 6.61 Å². The summed E-state index contributed by atoms with van der Waals surface area (Å²) in [5.74, 6) is 0.328. The minimum Gasteiger partial charge on any atom is -0.481 e. The molecule has 17 heavy (non-hydrogen) atoms. The molecule has 1 aliphatic rings. The Bertz CT molecular complexity index is 248. The summed E-state index contributed by atoms with van der Waals surface area (Å²) in [6.45, 7) is 0.278. The van der Waals surface area contributed by atoms with Crippen molar-refractivity contribution in [3.63, 3.8) is 0 Å². The van der Waals surface area contributed by atoms with E-state index >= 15 is 0 Å². The third-order valence-electron chi connectivity index (χ3n) is 3.60. The number of carboxylic acid groups (broad SMARTS) is 1. The summed E-state index contributed by atoms with van der Waals surface area (Å²) in [6.07, 6.45) is 12.3. The molecule has 0 saturated carbocycles. The van der Waals surface area contributed by atoms with Gasteiger partial charge in [0.05, 0.1) is 0 Å². The topological polar surface area (TPSA) is 57.5 Å². The number of hydrogen-bond donors (Lipinski definition) is 2. The first-order chi connectivity index (χ1) is 8.24. The fourth-order valence-electron chi connectivity index (χ4n) is 2.52. The minimum atomic E-state index is -0.687. The molecule has 0 aromatic rings. The average molecular weight is 240 g/mol. The maximum atomic E-state index is 10.3. The average Bonchev–Trinajstić information content (AvgIpc) is 2.74. The Morgan fingerprint density at radius 1 is 1.18 bits per heavy atom. The monoisotopic (exact) mass is 240 g/mol. The van der Waals surface area contributed by atoms with Gasteiger partial charge in [-0.2, -0.15) is 0 Å². The number of hydrogen-bond acceptors (Lipinski definition) is 2. The van der Waals surface area contributed by atoms with Crippen molar-refractivity contribution < 1.29 is 15.0 Å². The largest absolute Gasteiger partial charge is 0.481 e. The van der Waals surface area contributed by atoms with Crippen molar-refractivity contribution in [2.24, 2.45) is 11.8 Å². The molecule has 0 spiro atoms. The van der Waals surface area contributed by atoms with Crippen molar-refractivity contribution in [2.45, 2.75) is 51.4 Å². The molecule has 1 rings (SSSR count). The Labute approximate surface area is 104 Å². The van der Waals surface area contributed by atoms with Crippen LogP contribution in [-0.2, 0) is 4.79 Å². The normalized spacial score (nSPS) is 23.1. The molecule has 98 valence electrons. The van der Waals surface area contributed by atoms with E-state index in [1.807, 2.05) is 0 Å². The lowest BCUT2D eigenvalue weighted by Crippen LogP contribution is -2.11. The fourth-order valence-corrected chi connectivity index (χ4v) is 2.52. The standard InChI is InChI=1S/C14H24O3/c15-11-13-9-6-8-12(13)7-4-2-1-3-5-10-14(16)17/h6,9,12-13,15H,1-5,7-8,10-11H2,(H,16,17)/t12-,13+/m0/s1. The molecule has 0 fully saturated rings. The number of aliphatic carboxylic acids is 1. The van der Waals surface area contributed by atoms with Gasteiger partial charge in [-0.25, -0.2) is 0 Å². The third kappa shape index (κ3) is 5.87. The van der Waals surface area contributed by atoms with Crippen LogP contribution in [0.2, 0.25) is 0 Å². The second kappa shape index (κ2) is 8.29. The quantitative estimate of drug-likeness (QED) is 0.481. The first kappa shape index (κ1) is 14.2. The number of rotatable bonds is 9. The highest BCUT2D eigenvalue weighted by Gasteiger charge is 2.20. The van der Waals surface area contributed by atoms with Crippen LogP contribution in [0.1, 0.15) is 51.4 Å². The lowest BCUT2D eigenvalue weighted by molar-refractivity contribution is -0.137. The highest BCUT2D eigenvalue weighted by Crippen LogP contribution is 2.29. The van der Waals surface area contributed by atoms with E-state index < -0.39 is 5.97 Å². The molecule has 2 atom stereocenters. The zero-order chi connectivity index (χ0) is 12.5. The lowest BCUT2D eigenvalue weighted by Gasteiger charge is -2.16. The highest BCUT2D eigenvalue weighted by atomic mass is 16.4. The maximum Gasteiger partial charge on any atom is 0.303 e. The molecule has 1 aliphatic carbocycles. The Kier molecular flexibility index (Phi) is 6.94. The predicted octanol–water partition coefficient (Wildman–Crippen LogP) is 2.99. The molecule has 0 unspecified atom stereocenters. The first-order valence-electron chi connectivity index (χ1n) is 6.73. The van der Waals surface area contributed by atoms with Crippen LogP contribution >= 0.6 is 0 Å². The third-order valence-corrected chi connectivity index (χ3v) is 3.60. The molecular formula is C14H24O3. The Morgan fingerprint density at radius 3 is 2.59 bits per heavy atom. The van der Waals surface area contributed by atoms with Gasteiger partial charge in [0.1, 0.15) is 0 Å². The second-order valence-electron chi connectivity index (χ2n) is 4.97. The van der Waals surface area contributed by atoms with Gasteiger partial charge in [-0.15, -0.1) is 0 Å². The summed E-state index contributed by atoms with van der Waals surface area (Å²) in [5, 5.41) is 17.6.